The van der Waals surface area contributed by atoms with Crippen molar-refractivity contribution in [1.29, 1.82) is 0 Å². The van der Waals surface area contributed by atoms with Gasteiger partial charge in [0.25, 0.3) is 10.1 Å². The fourth-order valence-electron chi connectivity index (χ4n) is 0.503. The van der Waals surface area contributed by atoms with Gasteiger partial charge >= 0.3 is 0 Å². The summed E-state index contributed by atoms with van der Waals surface area (Å²) in [4.78, 5) is 0. The maximum atomic E-state index is 10.2. The second-order valence-corrected chi connectivity index (χ2v) is 5.02. The molecular weight excluding hydrogens is 182 g/mol. The molecule has 0 amide bonds. The first-order valence-electron chi connectivity index (χ1n) is 3.54. The van der Waals surface area contributed by atoms with Crippen LogP contribution in [0.25, 0.3) is 0 Å². The zero-order valence-corrected chi connectivity index (χ0v) is 8.47. The monoisotopic (exact) mass is 198 g/mol. The molecule has 12 heavy (non-hydrogen) atoms. The van der Waals surface area contributed by atoms with Gasteiger partial charge in [-0.15, -0.1) is 0 Å². The van der Waals surface area contributed by atoms with E-state index in [0.717, 1.165) is 0 Å². The Labute approximate surface area is 73.3 Å². The third-order valence-electron chi connectivity index (χ3n) is 1.14. The zero-order valence-electron chi connectivity index (χ0n) is 7.65. The second kappa shape index (κ2) is 4.18. The second-order valence-electron chi connectivity index (χ2n) is 3.62. The first kappa shape index (κ1) is 11.8. The van der Waals surface area contributed by atoms with Crippen LogP contribution in [0.5, 0.6) is 0 Å². The van der Waals surface area contributed by atoms with E-state index in [0.29, 0.717) is 17.6 Å². The Morgan fingerprint density at radius 3 is 2.17 bits per heavy atom. The fourth-order valence-corrected chi connectivity index (χ4v) is 0.831. The lowest BCUT2D eigenvalue weighted by Gasteiger charge is -2.23. The van der Waals surface area contributed by atoms with Crippen LogP contribution in [0.3, 0.4) is 0 Å². The number of likely N-dealkylation sites (N-methyl/N-ethyl adjacent to an activating group) is 1. The van der Waals surface area contributed by atoms with Crippen LogP contribution in [0, 0.1) is 0 Å². The van der Waals surface area contributed by atoms with E-state index in [1.54, 1.807) is 0 Å². The fraction of sp³-hybridized carbons (Fsp3) is 1.00. The molecule has 6 heteroatoms. The first-order valence-corrected chi connectivity index (χ1v) is 5.15. The Hall–Kier alpha value is -0.170. The van der Waals surface area contributed by atoms with Gasteiger partial charge in [0.05, 0.1) is 27.7 Å². The first-order chi connectivity index (χ1) is 5.21. The predicted molar refractivity (Wildman–Crippen MR) is 45.3 cm³/mol. The van der Waals surface area contributed by atoms with Crippen molar-refractivity contribution in [1.82, 2.24) is 0 Å². The predicted octanol–water partition coefficient (Wildman–Crippen LogP) is -0.445. The molecule has 5 nitrogen and oxygen atoms in total. The summed E-state index contributed by atoms with van der Waals surface area (Å²) in [6.45, 7) is 1.03. The SMILES string of the molecule is C[N+](C)(C)CCOCS(=O)(=O)O. The lowest BCUT2D eigenvalue weighted by Crippen LogP contribution is -2.37. The molecule has 0 aliphatic carbocycles. The topological polar surface area (TPSA) is 63.6 Å². The molecule has 0 radical (unpaired) electrons. The van der Waals surface area contributed by atoms with Crippen LogP contribution in [0.1, 0.15) is 0 Å². The van der Waals surface area contributed by atoms with E-state index < -0.39 is 16.1 Å². The minimum absolute atomic E-state index is 0.323. The van der Waals surface area contributed by atoms with Gasteiger partial charge in [-0.25, -0.2) is 0 Å². The summed E-state index contributed by atoms with van der Waals surface area (Å²) in [7, 11) is 1.94. The van der Waals surface area contributed by atoms with Gasteiger partial charge in [0, 0.05) is 0 Å². The van der Waals surface area contributed by atoms with Gasteiger partial charge in [-0.1, -0.05) is 0 Å². The summed E-state index contributed by atoms with van der Waals surface area (Å²) >= 11 is 0. The number of ether oxygens (including phenoxy) is 1. The van der Waals surface area contributed by atoms with Crippen molar-refractivity contribution in [3.05, 3.63) is 0 Å². The lowest BCUT2D eigenvalue weighted by molar-refractivity contribution is -0.870. The van der Waals surface area contributed by atoms with Crippen LogP contribution in [0.2, 0.25) is 0 Å². The summed E-state index contributed by atoms with van der Waals surface area (Å²) in [5.41, 5.74) is 0. The molecule has 0 saturated heterocycles. The number of hydrogen-bond acceptors (Lipinski definition) is 3. The number of nitrogens with zero attached hydrogens (tertiary/aromatic N) is 1. The van der Waals surface area contributed by atoms with Gasteiger partial charge < -0.3 is 9.22 Å². The van der Waals surface area contributed by atoms with E-state index in [2.05, 4.69) is 0 Å². The Kier molecular flexibility index (Phi) is 4.12. The minimum Gasteiger partial charge on any atom is -0.357 e. The number of hydrogen-bond donors (Lipinski definition) is 1. The largest absolute Gasteiger partial charge is 0.357 e. The molecule has 0 aromatic carbocycles. The van der Waals surface area contributed by atoms with Crippen LogP contribution in [0.15, 0.2) is 0 Å². The van der Waals surface area contributed by atoms with Gasteiger partial charge in [-0.2, -0.15) is 8.42 Å². The molecule has 0 aliphatic rings. The van der Waals surface area contributed by atoms with Crippen molar-refractivity contribution in [3.8, 4) is 0 Å². The standard InChI is InChI=1S/C6H15NO4S/c1-7(2,3)4-5-11-6-12(8,9)10/h4-6H2,1-3H3/p+1. The summed E-state index contributed by atoms with van der Waals surface area (Å²) < 4.78 is 34.1. The molecule has 0 aliphatic heterocycles. The third kappa shape index (κ3) is 9.83. The van der Waals surface area contributed by atoms with E-state index in [1.807, 2.05) is 21.1 Å². The molecule has 0 rings (SSSR count). The molecule has 0 spiro atoms. The molecule has 0 unspecified atom stereocenters. The Balaban J connectivity index is 3.48. The van der Waals surface area contributed by atoms with Gasteiger partial charge in [0.2, 0.25) is 0 Å². The van der Waals surface area contributed by atoms with Crippen LogP contribution in [-0.4, -0.2) is 57.7 Å². The highest BCUT2D eigenvalue weighted by Gasteiger charge is 2.08. The normalized spacial score (nSPS) is 13.3. The van der Waals surface area contributed by atoms with E-state index in [-0.39, 0.29) is 0 Å². The van der Waals surface area contributed by atoms with Gasteiger partial charge in [0.1, 0.15) is 6.54 Å². The van der Waals surface area contributed by atoms with E-state index in [4.69, 9.17) is 9.29 Å². The molecule has 74 valence electrons. The highest BCUT2D eigenvalue weighted by atomic mass is 32.2. The smallest absolute Gasteiger partial charge is 0.289 e. The van der Waals surface area contributed by atoms with Crippen molar-refractivity contribution >= 4 is 10.1 Å². The Bertz CT molecular complexity index is 216. The van der Waals surface area contributed by atoms with Crippen LogP contribution >= 0.6 is 0 Å². The van der Waals surface area contributed by atoms with Crippen molar-refractivity contribution in [2.75, 3.05) is 40.2 Å². The van der Waals surface area contributed by atoms with Crippen LogP contribution < -0.4 is 0 Å². The Morgan fingerprint density at radius 2 is 1.83 bits per heavy atom. The summed E-state index contributed by atoms with van der Waals surface area (Å²) in [5.74, 6) is -0.618. The minimum atomic E-state index is -3.97. The van der Waals surface area contributed by atoms with Crippen molar-refractivity contribution in [3.63, 3.8) is 0 Å². The number of rotatable bonds is 5. The highest BCUT2D eigenvalue weighted by Crippen LogP contribution is 1.91. The quantitative estimate of drug-likeness (QED) is 0.369. The maximum absolute atomic E-state index is 10.2. The van der Waals surface area contributed by atoms with Gasteiger partial charge in [0.15, 0.2) is 5.94 Å². The summed E-state index contributed by atoms with van der Waals surface area (Å²) in [6.07, 6.45) is 0. The molecule has 0 bridgehead atoms. The average Bonchev–Trinajstić information content (AvgIpc) is 1.76. The molecule has 0 atom stereocenters. The van der Waals surface area contributed by atoms with E-state index in [9.17, 15) is 8.42 Å². The molecule has 1 N–H and O–H groups in total. The molecule has 0 aromatic rings. The maximum Gasteiger partial charge on any atom is 0.289 e. The molecule has 0 heterocycles. The lowest BCUT2D eigenvalue weighted by atomic mass is 10.5. The molecule has 0 saturated carbocycles. The van der Waals surface area contributed by atoms with Crippen molar-refractivity contribution in [2.24, 2.45) is 0 Å². The van der Waals surface area contributed by atoms with Gasteiger partial charge in [-0.3, -0.25) is 4.55 Å². The molecule has 0 fully saturated rings. The van der Waals surface area contributed by atoms with E-state index >= 15 is 0 Å². The zero-order chi connectivity index (χ0) is 9.83. The van der Waals surface area contributed by atoms with Crippen LogP contribution in [0.4, 0.5) is 0 Å². The van der Waals surface area contributed by atoms with E-state index in [1.165, 1.54) is 0 Å². The third-order valence-corrected chi connectivity index (χ3v) is 1.60. The Morgan fingerprint density at radius 1 is 1.33 bits per heavy atom. The van der Waals surface area contributed by atoms with Crippen molar-refractivity contribution in [2.45, 2.75) is 0 Å². The number of quaternary nitrogens is 1. The molecule has 0 aromatic heterocycles. The van der Waals surface area contributed by atoms with Crippen molar-refractivity contribution < 1.29 is 22.2 Å². The summed E-state index contributed by atoms with van der Waals surface area (Å²) in [6, 6.07) is 0. The van der Waals surface area contributed by atoms with Gasteiger partial charge in [-0.05, 0) is 0 Å². The summed E-state index contributed by atoms with van der Waals surface area (Å²) in [5, 5.41) is 0. The average molecular weight is 198 g/mol. The molecular formula is C6H16NO4S+. The van der Waals surface area contributed by atoms with Crippen LogP contribution in [-0.2, 0) is 14.9 Å². The highest BCUT2D eigenvalue weighted by molar-refractivity contribution is 7.85.